The Bertz CT molecular complexity index is 2850. The summed E-state index contributed by atoms with van der Waals surface area (Å²) < 4.78 is 270. The lowest BCUT2D eigenvalue weighted by Crippen LogP contribution is -2.58. The number of carbonyl (C=O) groups excluding carboxylic acids is 2. The minimum atomic E-state index is -5.24. The number of hydrogen-bond acceptors (Lipinski definition) is 43. The van der Waals surface area contributed by atoms with E-state index in [9.17, 15) is 131 Å². The molecule has 0 amide bonds. The van der Waals surface area contributed by atoms with Crippen LogP contribution in [0.15, 0.2) is 0 Å². The first-order valence-corrected chi connectivity index (χ1v) is 31.4. The molecule has 87 heavy (non-hydrogen) atoms. The standard InChI is InChI=1S/C7H15NO10S2.C6H13NO12S3.C6H13NO7S.C6H10O8S.C6H10O5.4H2O/c1-16-7-6(8-19(10,11)12)5(9)2-4(18-7)3-17-20(13,14)15;8-20(9,10)7-5-3-17-4(2-18-21(11,12)13)1-6(5)19-22(14,15)16;7-3-1-13-4(6(9)5(3)8)2-14-15(10,11)12;7-3-1-4(6(8)9)13-2-5(3)14-15(10,11)12;7-3-1-5(6(9)10)11-2-4(3)8;;;;/h4-9H,2-3H2,1H3,(H,10,11,12)(H,13,14,15);4-7H,1-3H2,(H,8,9,10)(H,11,12,13)(H,14,15,16);3-6,8-9H,1-2,7H2,(H,10,11,12);3-5,7H,1-2H2,(H,8,9)(H,10,11,12);3-5,7-8H,1-2H2,(H,9,10);4*1H2/p-9/t4?,5-,6?,7+;4?,5?,6-;3?,4?,5-,6+;2*3-,4?,5?;;;;/m11011..../s1. The van der Waals surface area contributed by atoms with E-state index in [0.29, 0.717) is 0 Å². The van der Waals surface area contributed by atoms with E-state index in [1.165, 1.54) is 4.72 Å². The number of nitrogens with one attached hydrogen (secondary N) is 2. The van der Waals surface area contributed by atoms with Gasteiger partial charge in [-0.2, -0.15) is 0 Å². The molecule has 5 fully saturated rings. The Morgan fingerprint density at radius 3 is 1.34 bits per heavy atom. The van der Waals surface area contributed by atoms with E-state index < -0.39 is 228 Å². The first kappa shape index (κ1) is 90.8. The summed E-state index contributed by atoms with van der Waals surface area (Å²) in [6, 6.07) is -3.60. The first-order valence-electron chi connectivity index (χ1n) is 21.9. The second-order valence-corrected chi connectivity index (χ2v) is 24.2. The lowest BCUT2D eigenvalue weighted by molar-refractivity contribution is -0.322. The summed E-state index contributed by atoms with van der Waals surface area (Å²) in [5.41, 5.74) is 5.36. The maximum atomic E-state index is 10.6. The number of hydrogen-bond donors (Lipinski definition) is 9. The van der Waals surface area contributed by atoms with Crippen LogP contribution in [-0.4, -0.2) is 312 Å². The van der Waals surface area contributed by atoms with Gasteiger partial charge < -0.3 is 138 Å². The molecule has 526 valence electrons. The molecule has 5 saturated heterocycles. The molecule has 10 unspecified atom stereocenters. The Morgan fingerprint density at radius 2 is 0.931 bits per heavy atom. The normalized spacial score (nSPS) is 31.4. The van der Waals surface area contributed by atoms with Crippen molar-refractivity contribution in [3.05, 3.63) is 0 Å². The van der Waals surface area contributed by atoms with Crippen molar-refractivity contribution in [1.29, 1.82) is 0 Å². The van der Waals surface area contributed by atoms with Crippen LogP contribution in [0, 0.1) is 0 Å². The molecular weight excluding hydrogens is 1370 g/mol. The summed E-state index contributed by atoms with van der Waals surface area (Å²) in [5.74, 6) is -2.87. The summed E-state index contributed by atoms with van der Waals surface area (Å²) >= 11 is 0. The molecule has 0 aliphatic carbocycles. The molecule has 5 aliphatic rings. The Morgan fingerprint density at radius 1 is 0.494 bits per heavy atom. The van der Waals surface area contributed by atoms with Crippen molar-refractivity contribution in [2.45, 2.75) is 129 Å². The number of methoxy groups -OCH3 is 1. The number of nitrogens with two attached hydrogens (primary N) is 1. The molecule has 18 N–H and O–H groups in total. The van der Waals surface area contributed by atoms with Crippen molar-refractivity contribution in [3.8, 4) is 0 Å². The van der Waals surface area contributed by atoms with Crippen LogP contribution in [0.1, 0.15) is 25.7 Å². The first-order chi connectivity index (χ1) is 37.5. The third kappa shape index (κ3) is 40.1. The Labute approximate surface area is 493 Å². The number of aliphatic hydroxyl groups excluding tert-OH is 6. The third-order valence-electron chi connectivity index (χ3n) is 10.4. The van der Waals surface area contributed by atoms with Crippen LogP contribution in [0.5, 0.6) is 0 Å². The molecule has 0 aromatic heterocycles. The maximum absolute atomic E-state index is 10.6. The molecule has 0 radical (unpaired) electrons. The van der Waals surface area contributed by atoms with Crippen LogP contribution in [0.25, 0.3) is 0 Å². The number of aliphatic carboxylic acids is 2. The van der Waals surface area contributed by atoms with Gasteiger partial charge in [0.15, 0.2) is 26.9 Å². The minimum Gasteiger partial charge on any atom is -0.735 e. The van der Waals surface area contributed by atoms with E-state index in [4.69, 9.17) is 34.9 Å². The van der Waals surface area contributed by atoms with Gasteiger partial charge in [-0.05, 0) is 0 Å². The molecule has 17 atom stereocenters. The van der Waals surface area contributed by atoms with Crippen LogP contribution in [0.3, 0.4) is 0 Å². The summed E-state index contributed by atoms with van der Waals surface area (Å²) in [7, 11) is -33.7. The topological polar surface area (TPSA) is 880 Å². The zero-order chi connectivity index (χ0) is 64.4. The van der Waals surface area contributed by atoms with Gasteiger partial charge in [-0.3, -0.25) is 20.9 Å². The second-order valence-electron chi connectivity index (χ2n) is 16.8. The van der Waals surface area contributed by atoms with Crippen LogP contribution >= 0.6 is 0 Å². The minimum absolute atomic E-state index is 0. The van der Waals surface area contributed by atoms with Gasteiger partial charge in [0.05, 0.1) is 131 Å². The molecule has 56 heteroatoms. The zero-order valence-electron chi connectivity index (χ0n) is 43.4. The molecule has 5 aliphatic heterocycles. The number of carboxylic acid groups (broad SMARTS) is 2. The van der Waals surface area contributed by atoms with Crippen molar-refractivity contribution in [1.82, 2.24) is 9.44 Å². The summed E-state index contributed by atoms with van der Waals surface area (Å²) in [5, 5.41) is 76.0. The molecular formula is C31H60N3O46S7-9. The monoisotopic (exact) mass is 1430 g/mol. The van der Waals surface area contributed by atoms with Gasteiger partial charge in [-0.15, -0.1) is 0 Å². The summed E-state index contributed by atoms with van der Waals surface area (Å²) in [6.45, 7) is -3.43. The fourth-order valence-electron chi connectivity index (χ4n) is 6.67. The largest absolute Gasteiger partial charge is 0.735 e. The average molecular weight is 1440 g/mol. The number of carboxylic acids is 2. The Hall–Kier alpha value is -2.65. The fourth-order valence-corrected chi connectivity index (χ4v) is 9.80. The van der Waals surface area contributed by atoms with Crippen LogP contribution in [0.2, 0.25) is 0 Å². The number of ether oxygens (including phenoxy) is 6. The van der Waals surface area contributed by atoms with Crippen molar-refractivity contribution in [3.63, 3.8) is 0 Å². The van der Waals surface area contributed by atoms with E-state index in [0.717, 1.165) is 7.11 Å². The highest BCUT2D eigenvalue weighted by Crippen LogP contribution is 2.24. The second kappa shape index (κ2) is 39.0. The zero-order valence-corrected chi connectivity index (χ0v) is 49.1. The molecule has 0 bridgehead atoms. The van der Waals surface area contributed by atoms with Gasteiger partial charge >= 0.3 is 0 Å². The summed E-state index contributed by atoms with van der Waals surface area (Å²) in [4.78, 5) is 20.5. The lowest BCUT2D eigenvalue weighted by atomic mass is 9.99. The Kier molecular flexibility index (Phi) is 40.7. The number of rotatable bonds is 20. The van der Waals surface area contributed by atoms with Crippen LogP contribution in [-0.2, 0) is 132 Å². The average Bonchev–Trinajstić information content (AvgIpc) is 1.85. The van der Waals surface area contributed by atoms with E-state index in [1.54, 1.807) is 4.72 Å². The number of carbonyl (C=O) groups is 2. The van der Waals surface area contributed by atoms with Crippen LogP contribution < -0.4 is 25.4 Å². The molecule has 49 nitrogen and oxygen atoms in total. The van der Waals surface area contributed by atoms with Crippen molar-refractivity contribution >= 4 is 84.5 Å². The van der Waals surface area contributed by atoms with Crippen LogP contribution in [0.4, 0.5) is 0 Å². The maximum Gasteiger partial charge on any atom is 0.218 e. The predicted octanol–water partition coefficient (Wildman–Crippen LogP) is -18.9. The van der Waals surface area contributed by atoms with Gasteiger partial charge in [0, 0.05) is 32.8 Å². The van der Waals surface area contributed by atoms with Crippen molar-refractivity contribution in [2.75, 3.05) is 53.4 Å². The van der Waals surface area contributed by atoms with Gasteiger partial charge in [0.1, 0.15) is 24.4 Å². The van der Waals surface area contributed by atoms with Gasteiger partial charge in [-0.25, -0.2) is 68.4 Å². The molecule has 0 aromatic rings. The highest BCUT2D eigenvalue weighted by molar-refractivity contribution is 7.84. The smallest absolute Gasteiger partial charge is 0.218 e. The fraction of sp³-hybridized carbons (Fsp3) is 0.935. The third-order valence-corrected chi connectivity index (χ3v) is 13.8. The molecule has 5 rings (SSSR count). The lowest BCUT2D eigenvalue weighted by Gasteiger charge is -2.39. The quantitative estimate of drug-likeness (QED) is 0.0404. The number of aliphatic hydroxyl groups is 6. The van der Waals surface area contributed by atoms with E-state index in [1.807, 2.05) is 0 Å². The predicted molar refractivity (Wildman–Crippen MR) is 251 cm³/mol. The van der Waals surface area contributed by atoms with E-state index in [2.05, 4.69) is 30.4 Å². The van der Waals surface area contributed by atoms with Gasteiger partial charge in [0.2, 0.25) is 52.0 Å². The van der Waals surface area contributed by atoms with Gasteiger partial charge in [0.25, 0.3) is 0 Å². The van der Waals surface area contributed by atoms with E-state index in [-0.39, 0.29) is 54.4 Å². The molecule has 0 spiro atoms. The summed E-state index contributed by atoms with van der Waals surface area (Å²) in [6.07, 6.45) is -18.7. The molecule has 0 saturated carbocycles. The highest BCUT2D eigenvalue weighted by atomic mass is 32.3. The molecule has 5 heterocycles. The Balaban J connectivity index is -0.000000497. The SMILES string of the molecule is CO[C@H]1OC(COS(=O)(=O)[O-])C[C@@H](O)C1NS(=O)(=O)[O-].NC1COC(COS(=O)(=O)[O-])[C@@H](O)[C@H]1O.O.O.O.O.O=C([O-])C1C[C@@H](O)C(O)CO1.O=C([O-])C1C[C@@H](O)C(OS(=O)(=O)[O-])CO1.O=S(=O)([O-])NC1COC(COS(=O)(=O)[O-])C[C@H]1OS(=O)(=O)[O-]. The van der Waals surface area contributed by atoms with Crippen molar-refractivity contribution in [2.24, 2.45) is 5.73 Å². The highest BCUT2D eigenvalue weighted by Gasteiger charge is 2.41. The molecule has 0 aromatic carbocycles. The van der Waals surface area contributed by atoms with Crippen molar-refractivity contribution < 1.29 is 212 Å². The van der Waals surface area contributed by atoms with E-state index >= 15 is 0 Å². The van der Waals surface area contributed by atoms with Gasteiger partial charge in [-0.1, -0.05) is 0 Å².